The van der Waals surface area contributed by atoms with E-state index in [2.05, 4.69) is 47.0 Å². The Kier molecular flexibility index (Phi) is 4.78. The number of carbonyl (C=O) groups is 1. The highest BCUT2D eigenvalue weighted by Gasteiger charge is 2.18. The van der Waals surface area contributed by atoms with E-state index in [9.17, 15) is 9.18 Å². The predicted molar refractivity (Wildman–Crippen MR) is 87.2 cm³/mol. The van der Waals surface area contributed by atoms with Crippen LogP contribution < -0.4 is 5.32 Å². The molecule has 0 bridgehead atoms. The van der Waals surface area contributed by atoms with Gasteiger partial charge in [-0.2, -0.15) is 0 Å². The summed E-state index contributed by atoms with van der Waals surface area (Å²) in [6, 6.07) is 4.66. The van der Waals surface area contributed by atoms with Gasteiger partial charge < -0.3 is 5.32 Å². The van der Waals surface area contributed by atoms with Gasteiger partial charge in [-0.05, 0) is 23.1 Å². The monoisotopic (exact) mass is 370 g/mol. The van der Waals surface area contributed by atoms with Crippen molar-refractivity contribution in [2.75, 3.05) is 5.32 Å². The molecule has 21 heavy (non-hydrogen) atoms. The molecule has 0 aliphatic carbocycles. The van der Waals surface area contributed by atoms with Gasteiger partial charge in [0.1, 0.15) is 5.82 Å². The van der Waals surface area contributed by atoms with Crippen LogP contribution in [0.1, 0.15) is 31.2 Å². The fourth-order valence-corrected chi connectivity index (χ4v) is 2.90. The van der Waals surface area contributed by atoms with Crippen LogP contribution >= 0.6 is 27.3 Å². The molecule has 112 valence electrons. The molecule has 0 fully saturated rings. The highest BCUT2D eigenvalue weighted by atomic mass is 79.9. The minimum atomic E-state index is -0.394. The first-order chi connectivity index (χ1) is 9.75. The first kappa shape index (κ1) is 16.1. The molecular weight excluding hydrogens is 355 g/mol. The normalized spacial score (nSPS) is 11.5. The van der Waals surface area contributed by atoms with Crippen molar-refractivity contribution in [3.63, 3.8) is 0 Å². The molecule has 2 rings (SSSR count). The number of hydrogen-bond acceptors (Lipinski definition) is 3. The molecule has 0 radical (unpaired) electrons. The van der Waals surface area contributed by atoms with Crippen LogP contribution in [0.4, 0.5) is 9.52 Å². The largest absolute Gasteiger partial charge is 0.302 e. The third-order valence-electron chi connectivity index (χ3n) is 2.86. The van der Waals surface area contributed by atoms with Crippen molar-refractivity contribution in [3.05, 3.63) is 45.1 Å². The Morgan fingerprint density at radius 2 is 2.14 bits per heavy atom. The van der Waals surface area contributed by atoms with E-state index in [1.54, 1.807) is 18.3 Å². The third kappa shape index (κ3) is 4.35. The Hall–Kier alpha value is -1.27. The summed E-state index contributed by atoms with van der Waals surface area (Å²) < 4.78 is 14.3. The number of nitrogens with one attached hydrogen (secondary N) is 1. The number of anilines is 1. The number of thiazole rings is 1. The molecule has 0 spiro atoms. The molecule has 3 nitrogen and oxygen atoms in total. The molecular formula is C15H16BrFN2OS. The van der Waals surface area contributed by atoms with Crippen molar-refractivity contribution in [2.24, 2.45) is 0 Å². The fraction of sp³-hybridized carbons (Fsp3) is 0.333. The number of nitrogens with zero attached hydrogens (tertiary/aromatic N) is 1. The summed E-state index contributed by atoms with van der Waals surface area (Å²) in [5.41, 5.74) is 0.363. The average Bonchev–Trinajstić information content (AvgIpc) is 2.81. The number of amides is 1. The fourth-order valence-electron chi connectivity index (χ4n) is 1.68. The molecule has 0 aliphatic rings. The molecule has 0 saturated heterocycles. The second-order valence-corrected chi connectivity index (χ2v) is 7.69. The van der Waals surface area contributed by atoms with Gasteiger partial charge in [0.05, 0.1) is 6.42 Å². The van der Waals surface area contributed by atoms with Crippen molar-refractivity contribution in [1.29, 1.82) is 0 Å². The molecule has 1 N–H and O–H groups in total. The van der Waals surface area contributed by atoms with E-state index in [-0.39, 0.29) is 17.7 Å². The highest BCUT2D eigenvalue weighted by molar-refractivity contribution is 9.10. The van der Waals surface area contributed by atoms with E-state index in [1.165, 1.54) is 17.4 Å². The topological polar surface area (TPSA) is 42.0 Å². The van der Waals surface area contributed by atoms with E-state index >= 15 is 0 Å². The maximum absolute atomic E-state index is 13.7. The van der Waals surface area contributed by atoms with Crippen LogP contribution in [0.3, 0.4) is 0 Å². The smallest absolute Gasteiger partial charge is 0.230 e. The van der Waals surface area contributed by atoms with Gasteiger partial charge in [-0.15, -0.1) is 11.3 Å². The zero-order valence-electron chi connectivity index (χ0n) is 12.0. The lowest BCUT2D eigenvalue weighted by Gasteiger charge is -2.14. The molecule has 2 aromatic rings. The number of rotatable bonds is 3. The van der Waals surface area contributed by atoms with Crippen molar-refractivity contribution in [1.82, 2.24) is 4.98 Å². The van der Waals surface area contributed by atoms with Gasteiger partial charge in [-0.1, -0.05) is 42.8 Å². The Bertz CT molecular complexity index is 664. The van der Waals surface area contributed by atoms with Crippen molar-refractivity contribution >= 4 is 38.3 Å². The van der Waals surface area contributed by atoms with Crippen molar-refractivity contribution in [3.8, 4) is 0 Å². The summed E-state index contributed by atoms with van der Waals surface area (Å²) in [4.78, 5) is 17.2. The number of aromatic nitrogens is 1. The predicted octanol–water partition coefficient (Wildman–Crippen LogP) is 4.52. The summed E-state index contributed by atoms with van der Waals surface area (Å²) in [5, 5.41) is 3.26. The third-order valence-corrected chi connectivity index (χ3v) is 4.69. The van der Waals surface area contributed by atoms with Gasteiger partial charge in [0.2, 0.25) is 5.91 Å². The Morgan fingerprint density at radius 3 is 2.71 bits per heavy atom. The summed E-state index contributed by atoms with van der Waals surface area (Å²) in [6.07, 6.45) is 1.75. The van der Waals surface area contributed by atoms with Crippen molar-refractivity contribution in [2.45, 2.75) is 32.6 Å². The molecule has 1 amide bonds. The number of hydrogen-bond donors (Lipinski definition) is 1. The van der Waals surface area contributed by atoms with Gasteiger partial charge in [0, 0.05) is 15.5 Å². The van der Waals surface area contributed by atoms with E-state index in [4.69, 9.17) is 0 Å². The molecule has 0 unspecified atom stereocenters. The SMILES string of the molecule is CC(C)(C)c1cnc(NC(=O)Cc2ccc(Br)cc2F)s1. The number of carbonyl (C=O) groups excluding carboxylic acids is 1. The van der Waals surface area contributed by atoms with Crippen LogP contribution in [0.25, 0.3) is 0 Å². The molecule has 0 aliphatic heterocycles. The Balaban J connectivity index is 2.03. The maximum atomic E-state index is 13.7. The minimum absolute atomic E-state index is 0.00153. The van der Waals surface area contributed by atoms with Gasteiger partial charge >= 0.3 is 0 Å². The lowest BCUT2D eigenvalue weighted by atomic mass is 9.96. The lowest BCUT2D eigenvalue weighted by molar-refractivity contribution is -0.115. The molecule has 0 atom stereocenters. The Morgan fingerprint density at radius 1 is 1.43 bits per heavy atom. The zero-order chi connectivity index (χ0) is 15.6. The van der Waals surface area contributed by atoms with E-state index in [0.717, 1.165) is 4.88 Å². The number of benzene rings is 1. The summed E-state index contributed by atoms with van der Waals surface area (Å²) in [5.74, 6) is -0.667. The quantitative estimate of drug-likeness (QED) is 0.862. The maximum Gasteiger partial charge on any atom is 0.230 e. The number of halogens is 2. The molecule has 1 aromatic carbocycles. The van der Waals surface area contributed by atoms with E-state index in [1.807, 2.05) is 0 Å². The minimum Gasteiger partial charge on any atom is -0.302 e. The van der Waals surface area contributed by atoms with Gasteiger partial charge in [-0.3, -0.25) is 4.79 Å². The second kappa shape index (κ2) is 6.23. The molecule has 0 saturated carbocycles. The van der Waals surface area contributed by atoms with E-state index < -0.39 is 5.82 Å². The van der Waals surface area contributed by atoms with Crippen molar-refractivity contribution < 1.29 is 9.18 Å². The zero-order valence-corrected chi connectivity index (χ0v) is 14.4. The first-order valence-corrected chi connectivity index (χ1v) is 8.07. The van der Waals surface area contributed by atoms with Gasteiger partial charge in [0.25, 0.3) is 0 Å². The first-order valence-electron chi connectivity index (χ1n) is 6.46. The summed E-state index contributed by atoms with van der Waals surface area (Å²) in [6.45, 7) is 6.26. The van der Waals surface area contributed by atoms with Crippen LogP contribution in [0, 0.1) is 5.82 Å². The summed E-state index contributed by atoms with van der Waals surface area (Å²) >= 11 is 4.63. The van der Waals surface area contributed by atoms with Crippen LogP contribution in [-0.2, 0) is 16.6 Å². The van der Waals surface area contributed by atoms with E-state index in [0.29, 0.717) is 15.2 Å². The standard InChI is InChI=1S/C15H16BrFN2OS/c1-15(2,3)12-8-18-14(21-12)19-13(20)6-9-4-5-10(16)7-11(9)17/h4-5,7-8H,6H2,1-3H3,(H,18,19,20). The highest BCUT2D eigenvalue weighted by Crippen LogP contribution is 2.30. The van der Waals surface area contributed by atoms with Crippen LogP contribution in [-0.4, -0.2) is 10.9 Å². The second-order valence-electron chi connectivity index (χ2n) is 5.74. The Labute approximate surface area is 135 Å². The lowest BCUT2D eigenvalue weighted by Crippen LogP contribution is -2.15. The van der Waals surface area contributed by atoms with Crippen LogP contribution in [0.2, 0.25) is 0 Å². The van der Waals surface area contributed by atoms with Crippen LogP contribution in [0.15, 0.2) is 28.9 Å². The summed E-state index contributed by atoms with van der Waals surface area (Å²) in [7, 11) is 0. The average molecular weight is 371 g/mol. The van der Waals surface area contributed by atoms with Crippen LogP contribution in [0.5, 0.6) is 0 Å². The molecule has 6 heteroatoms. The molecule has 1 heterocycles. The van der Waals surface area contributed by atoms with Gasteiger partial charge in [0.15, 0.2) is 5.13 Å². The molecule has 1 aromatic heterocycles. The van der Waals surface area contributed by atoms with Gasteiger partial charge in [-0.25, -0.2) is 9.37 Å².